The van der Waals surface area contributed by atoms with E-state index in [2.05, 4.69) is 15.0 Å². The minimum Gasteiger partial charge on any atom is -0.461 e. The van der Waals surface area contributed by atoms with Crippen LogP contribution < -0.4 is 0 Å². The Bertz CT molecular complexity index is 852. The molecule has 5 rings (SSSR count). The maximum Gasteiger partial charge on any atom is 0.312 e. The standard InChI is InChI=1S/C20H25N5O2/c1-24-12-15(11-22-24)17-2-7-21-18(23-17)14-3-8-25(9-4-14)13-16-10-20(5-6-20)19(26)27-16/h2,7,11-12,14,16H,3-6,8-10,13H2,1H3. The lowest BCUT2D eigenvalue weighted by molar-refractivity contribution is -0.145. The van der Waals surface area contributed by atoms with E-state index < -0.39 is 0 Å². The van der Waals surface area contributed by atoms with Crippen LogP contribution in [0.25, 0.3) is 11.3 Å². The van der Waals surface area contributed by atoms with Gasteiger partial charge in [-0.2, -0.15) is 5.10 Å². The maximum absolute atomic E-state index is 11.9. The highest BCUT2D eigenvalue weighted by Gasteiger charge is 2.57. The van der Waals surface area contributed by atoms with Gasteiger partial charge in [0.2, 0.25) is 0 Å². The number of hydrogen-bond acceptors (Lipinski definition) is 6. The Morgan fingerprint density at radius 3 is 2.78 bits per heavy atom. The third-order valence-electron chi connectivity index (χ3n) is 6.27. The predicted octanol–water partition coefficient (Wildman–Crippen LogP) is 2.15. The summed E-state index contributed by atoms with van der Waals surface area (Å²) in [7, 11) is 1.91. The van der Waals surface area contributed by atoms with Crippen molar-refractivity contribution in [2.75, 3.05) is 19.6 Å². The van der Waals surface area contributed by atoms with E-state index in [1.807, 2.05) is 31.7 Å². The van der Waals surface area contributed by atoms with E-state index in [0.717, 1.165) is 68.8 Å². The Balaban J connectivity index is 1.19. The van der Waals surface area contributed by atoms with Crippen LogP contribution in [-0.4, -0.2) is 56.4 Å². The molecule has 2 aliphatic heterocycles. The van der Waals surface area contributed by atoms with Crippen molar-refractivity contribution in [2.24, 2.45) is 12.5 Å². The molecule has 1 saturated carbocycles. The fourth-order valence-corrected chi connectivity index (χ4v) is 4.44. The molecule has 142 valence electrons. The van der Waals surface area contributed by atoms with Crippen LogP contribution in [0.1, 0.15) is 43.8 Å². The number of piperidine rings is 1. The van der Waals surface area contributed by atoms with Gasteiger partial charge in [0, 0.05) is 43.9 Å². The molecule has 2 aromatic heterocycles. The first kappa shape index (κ1) is 16.9. The van der Waals surface area contributed by atoms with E-state index in [4.69, 9.17) is 9.72 Å². The summed E-state index contributed by atoms with van der Waals surface area (Å²) in [5.74, 6) is 1.36. The Morgan fingerprint density at radius 2 is 2.11 bits per heavy atom. The van der Waals surface area contributed by atoms with Crippen LogP contribution in [0.5, 0.6) is 0 Å². The van der Waals surface area contributed by atoms with E-state index in [9.17, 15) is 4.79 Å². The van der Waals surface area contributed by atoms with E-state index in [-0.39, 0.29) is 17.5 Å². The van der Waals surface area contributed by atoms with Gasteiger partial charge in [-0.15, -0.1) is 0 Å². The number of rotatable bonds is 4. The SMILES string of the molecule is Cn1cc(-c2ccnc(C3CCN(CC4CC5(CC5)C(=O)O4)CC3)n2)cn1. The summed E-state index contributed by atoms with van der Waals surface area (Å²) < 4.78 is 7.40. The van der Waals surface area contributed by atoms with Crippen LogP contribution in [0.15, 0.2) is 24.7 Å². The normalized spacial score (nSPS) is 25.1. The van der Waals surface area contributed by atoms with Crippen molar-refractivity contribution in [3.8, 4) is 11.3 Å². The second-order valence-electron chi connectivity index (χ2n) is 8.29. The molecule has 27 heavy (non-hydrogen) atoms. The molecule has 4 heterocycles. The van der Waals surface area contributed by atoms with Crippen molar-refractivity contribution < 1.29 is 9.53 Å². The summed E-state index contributed by atoms with van der Waals surface area (Å²) >= 11 is 0. The number of aryl methyl sites for hydroxylation is 1. The lowest BCUT2D eigenvalue weighted by Crippen LogP contribution is -2.38. The van der Waals surface area contributed by atoms with E-state index >= 15 is 0 Å². The molecule has 7 heteroatoms. The topological polar surface area (TPSA) is 73.1 Å². The van der Waals surface area contributed by atoms with Crippen molar-refractivity contribution in [2.45, 2.75) is 44.1 Å². The van der Waals surface area contributed by atoms with Gasteiger partial charge >= 0.3 is 5.97 Å². The number of carbonyl (C=O) groups is 1. The molecule has 7 nitrogen and oxygen atoms in total. The largest absolute Gasteiger partial charge is 0.461 e. The lowest BCUT2D eigenvalue weighted by Gasteiger charge is -2.32. The summed E-state index contributed by atoms with van der Waals surface area (Å²) in [5.41, 5.74) is 1.86. The monoisotopic (exact) mass is 367 g/mol. The highest BCUT2D eigenvalue weighted by molar-refractivity contribution is 5.82. The molecule has 3 fully saturated rings. The lowest BCUT2D eigenvalue weighted by atomic mass is 9.95. The van der Waals surface area contributed by atoms with Crippen LogP contribution in [0.4, 0.5) is 0 Å². The predicted molar refractivity (Wildman–Crippen MR) is 98.8 cm³/mol. The summed E-state index contributed by atoms with van der Waals surface area (Å²) in [6.07, 6.45) is 10.8. The third kappa shape index (κ3) is 3.25. The van der Waals surface area contributed by atoms with Gasteiger partial charge in [-0.25, -0.2) is 9.97 Å². The van der Waals surface area contributed by atoms with Crippen LogP contribution in [0.3, 0.4) is 0 Å². The molecule has 3 aliphatic rings. The summed E-state index contributed by atoms with van der Waals surface area (Å²) in [4.78, 5) is 23.7. The van der Waals surface area contributed by atoms with Crippen molar-refractivity contribution in [1.29, 1.82) is 0 Å². The van der Waals surface area contributed by atoms with Gasteiger partial charge in [-0.1, -0.05) is 0 Å². The molecular weight excluding hydrogens is 342 g/mol. The molecule has 2 aromatic rings. The molecule has 0 radical (unpaired) electrons. The Kier molecular flexibility index (Phi) is 4.00. The number of likely N-dealkylation sites (tertiary alicyclic amines) is 1. The molecule has 2 saturated heterocycles. The smallest absolute Gasteiger partial charge is 0.312 e. The number of hydrogen-bond donors (Lipinski definition) is 0. The van der Waals surface area contributed by atoms with Gasteiger partial charge < -0.3 is 4.74 Å². The molecule has 1 atom stereocenters. The quantitative estimate of drug-likeness (QED) is 0.771. The van der Waals surface area contributed by atoms with E-state index in [1.54, 1.807) is 4.68 Å². The molecule has 0 aromatic carbocycles. The molecular formula is C20H25N5O2. The third-order valence-corrected chi connectivity index (χ3v) is 6.27. The summed E-state index contributed by atoms with van der Waals surface area (Å²) in [6, 6.07) is 1.94. The molecule has 0 amide bonds. The first-order chi connectivity index (χ1) is 13.1. The first-order valence-corrected chi connectivity index (χ1v) is 9.87. The fraction of sp³-hybridized carbons (Fsp3) is 0.600. The average Bonchev–Trinajstić information content (AvgIpc) is 3.22. The van der Waals surface area contributed by atoms with Crippen molar-refractivity contribution in [3.63, 3.8) is 0 Å². The number of nitrogens with zero attached hydrogens (tertiary/aromatic N) is 5. The van der Waals surface area contributed by atoms with Gasteiger partial charge in [0.05, 0.1) is 17.3 Å². The number of carbonyl (C=O) groups excluding carboxylic acids is 1. The zero-order valence-electron chi connectivity index (χ0n) is 15.7. The first-order valence-electron chi connectivity index (χ1n) is 9.87. The van der Waals surface area contributed by atoms with Gasteiger partial charge in [0.1, 0.15) is 11.9 Å². The summed E-state index contributed by atoms with van der Waals surface area (Å²) in [5, 5.41) is 4.23. The zero-order chi connectivity index (χ0) is 18.4. The average molecular weight is 367 g/mol. The second-order valence-corrected chi connectivity index (χ2v) is 8.29. The molecule has 1 spiro atoms. The number of ether oxygens (including phenoxy) is 1. The Hall–Kier alpha value is -2.28. The highest BCUT2D eigenvalue weighted by atomic mass is 16.6. The van der Waals surface area contributed by atoms with Gasteiger partial charge in [-0.3, -0.25) is 14.4 Å². The number of cyclic esters (lactones) is 1. The van der Waals surface area contributed by atoms with Gasteiger partial charge in [0.15, 0.2) is 0 Å². The highest BCUT2D eigenvalue weighted by Crippen LogP contribution is 2.54. The fourth-order valence-electron chi connectivity index (χ4n) is 4.44. The van der Waals surface area contributed by atoms with Crippen molar-refractivity contribution in [3.05, 3.63) is 30.5 Å². The Morgan fingerprint density at radius 1 is 1.30 bits per heavy atom. The second kappa shape index (κ2) is 6.41. The molecule has 1 aliphatic carbocycles. The molecule has 0 N–H and O–H groups in total. The Labute approximate surface area is 158 Å². The molecule has 0 bridgehead atoms. The van der Waals surface area contributed by atoms with E-state index in [1.165, 1.54) is 0 Å². The van der Waals surface area contributed by atoms with Gasteiger partial charge in [0.25, 0.3) is 0 Å². The van der Waals surface area contributed by atoms with E-state index in [0.29, 0.717) is 5.92 Å². The minimum absolute atomic E-state index is 0.0444. The maximum atomic E-state index is 11.9. The van der Waals surface area contributed by atoms with Crippen LogP contribution in [0, 0.1) is 5.41 Å². The van der Waals surface area contributed by atoms with Crippen LogP contribution >= 0.6 is 0 Å². The van der Waals surface area contributed by atoms with Crippen LogP contribution in [-0.2, 0) is 16.6 Å². The van der Waals surface area contributed by atoms with Gasteiger partial charge in [-0.05, 0) is 44.8 Å². The summed E-state index contributed by atoms with van der Waals surface area (Å²) in [6.45, 7) is 2.88. The molecule has 1 unspecified atom stereocenters. The number of aromatic nitrogens is 4. The van der Waals surface area contributed by atoms with Crippen molar-refractivity contribution >= 4 is 5.97 Å². The zero-order valence-corrected chi connectivity index (χ0v) is 15.7. The van der Waals surface area contributed by atoms with Crippen LogP contribution in [0.2, 0.25) is 0 Å². The van der Waals surface area contributed by atoms with Crippen molar-refractivity contribution in [1.82, 2.24) is 24.6 Å². The minimum atomic E-state index is -0.0937. The number of esters is 1.